The first-order valence-electron chi connectivity index (χ1n) is 7.49. The van der Waals surface area contributed by atoms with Gasteiger partial charge in [-0.2, -0.15) is 0 Å². The molecule has 2 aromatic rings. The van der Waals surface area contributed by atoms with Gasteiger partial charge >= 0.3 is 0 Å². The Bertz CT molecular complexity index is 624. The van der Waals surface area contributed by atoms with Gasteiger partial charge in [0, 0.05) is 50.2 Å². The van der Waals surface area contributed by atoms with Crippen LogP contribution < -0.4 is 10.1 Å². The molecule has 1 unspecified atom stereocenters. The molecule has 1 fully saturated rings. The van der Waals surface area contributed by atoms with Crippen molar-refractivity contribution in [2.75, 3.05) is 26.7 Å². The number of phenolic OH excluding ortho intramolecular Hbond substituents is 1. The maximum Gasteiger partial charge on any atom is 0.164 e. The number of benzene rings is 1. The average molecular weight is 336 g/mol. The van der Waals surface area contributed by atoms with Gasteiger partial charge in [0.25, 0.3) is 0 Å². The van der Waals surface area contributed by atoms with Gasteiger partial charge < -0.3 is 15.2 Å². The normalized spacial score (nSPS) is 18.2. The topological polar surface area (TPSA) is 57.6 Å². The highest BCUT2D eigenvalue weighted by Crippen LogP contribution is 2.32. The summed E-state index contributed by atoms with van der Waals surface area (Å²) in [6, 6.07) is 9.93. The molecule has 2 heterocycles. The zero-order valence-electron chi connectivity index (χ0n) is 13.1. The molecule has 1 aliphatic rings. The van der Waals surface area contributed by atoms with Crippen LogP contribution in [0.3, 0.4) is 0 Å². The van der Waals surface area contributed by atoms with E-state index in [2.05, 4.69) is 27.3 Å². The number of halogens is 1. The van der Waals surface area contributed by atoms with Gasteiger partial charge in [0.05, 0.1) is 7.11 Å². The lowest BCUT2D eigenvalue weighted by atomic mass is 10.0. The van der Waals surface area contributed by atoms with Crippen molar-refractivity contribution < 1.29 is 9.84 Å². The van der Waals surface area contributed by atoms with E-state index in [4.69, 9.17) is 4.74 Å². The number of phenols is 1. The molecule has 0 radical (unpaired) electrons. The van der Waals surface area contributed by atoms with Crippen molar-refractivity contribution in [3.63, 3.8) is 0 Å². The maximum absolute atomic E-state index is 9.94. The van der Waals surface area contributed by atoms with Gasteiger partial charge in [-0.05, 0) is 23.8 Å². The Morgan fingerprint density at radius 1 is 1.30 bits per heavy atom. The van der Waals surface area contributed by atoms with Crippen molar-refractivity contribution in [2.24, 2.45) is 0 Å². The van der Waals surface area contributed by atoms with Crippen LogP contribution in [0.1, 0.15) is 17.2 Å². The third-order valence-electron chi connectivity index (χ3n) is 4.10. The number of aromatic nitrogens is 1. The third kappa shape index (κ3) is 3.93. The van der Waals surface area contributed by atoms with Crippen LogP contribution in [0.25, 0.3) is 0 Å². The number of methoxy groups -OCH3 is 1. The second-order valence-corrected chi connectivity index (χ2v) is 5.44. The molecule has 1 aliphatic heterocycles. The van der Waals surface area contributed by atoms with E-state index < -0.39 is 0 Å². The fraction of sp³-hybridized carbons (Fsp3) is 0.353. The quantitative estimate of drug-likeness (QED) is 0.898. The molecule has 1 saturated heterocycles. The molecular weight excluding hydrogens is 314 g/mol. The minimum atomic E-state index is 0. The van der Waals surface area contributed by atoms with Crippen LogP contribution in [-0.2, 0) is 6.54 Å². The van der Waals surface area contributed by atoms with E-state index >= 15 is 0 Å². The van der Waals surface area contributed by atoms with E-state index in [1.54, 1.807) is 13.2 Å². The van der Waals surface area contributed by atoms with E-state index in [-0.39, 0.29) is 18.2 Å². The summed E-state index contributed by atoms with van der Waals surface area (Å²) < 4.78 is 5.36. The van der Waals surface area contributed by atoms with Crippen LogP contribution in [0.2, 0.25) is 0 Å². The number of aromatic hydroxyl groups is 1. The first-order valence-corrected chi connectivity index (χ1v) is 7.49. The lowest BCUT2D eigenvalue weighted by Crippen LogP contribution is -2.45. The molecule has 1 aromatic heterocycles. The van der Waals surface area contributed by atoms with Crippen LogP contribution in [-0.4, -0.2) is 41.7 Å². The van der Waals surface area contributed by atoms with Gasteiger partial charge in [-0.3, -0.25) is 9.88 Å². The molecule has 0 aliphatic carbocycles. The summed E-state index contributed by atoms with van der Waals surface area (Å²) in [4.78, 5) is 6.50. The fourth-order valence-corrected chi connectivity index (χ4v) is 3.00. The maximum atomic E-state index is 9.94. The molecule has 23 heavy (non-hydrogen) atoms. The standard InChI is InChI=1S/C17H21N3O2.ClH/c1-22-17-14(3-2-4-16(17)21)12-20-10-9-19-11-15(20)13-5-7-18-8-6-13;/h2-8,15,19,21H,9-12H2,1H3;1H. The van der Waals surface area contributed by atoms with Gasteiger partial charge in [0.15, 0.2) is 11.5 Å². The first-order chi connectivity index (χ1) is 10.8. The Morgan fingerprint density at radius 3 is 2.83 bits per heavy atom. The Hall–Kier alpha value is -1.82. The number of para-hydroxylation sites is 1. The number of rotatable bonds is 4. The number of ether oxygens (including phenoxy) is 1. The Labute approximate surface area is 142 Å². The van der Waals surface area contributed by atoms with E-state index in [1.165, 1.54) is 5.56 Å². The van der Waals surface area contributed by atoms with Crippen molar-refractivity contribution >= 4 is 12.4 Å². The number of piperazine rings is 1. The van der Waals surface area contributed by atoms with Gasteiger partial charge in [0.1, 0.15) is 0 Å². The SMILES string of the molecule is COc1c(O)cccc1CN1CCNCC1c1ccncc1.Cl. The number of nitrogens with one attached hydrogen (secondary N) is 1. The largest absolute Gasteiger partial charge is 0.504 e. The summed E-state index contributed by atoms with van der Waals surface area (Å²) in [5, 5.41) is 13.4. The van der Waals surface area contributed by atoms with Crippen molar-refractivity contribution in [3.05, 3.63) is 53.9 Å². The summed E-state index contributed by atoms with van der Waals surface area (Å²) >= 11 is 0. The molecule has 124 valence electrons. The number of pyridine rings is 1. The first kappa shape index (κ1) is 17.5. The zero-order chi connectivity index (χ0) is 15.4. The average Bonchev–Trinajstić information content (AvgIpc) is 2.56. The Morgan fingerprint density at radius 2 is 2.09 bits per heavy atom. The van der Waals surface area contributed by atoms with Crippen molar-refractivity contribution in [2.45, 2.75) is 12.6 Å². The second kappa shape index (κ2) is 8.15. The van der Waals surface area contributed by atoms with Gasteiger partial charge in [-0.15, -0.1) is 12.4 Å². The molecule has 1 aromatic carbocycles. The highest BCUT2D eigenvalue weighted by Gasteiger charge is 2.25. The van der Waals surface area contributed by atoms with Gasteiger partial charge in [0.2, 0.25) is 0 Å². The highest BCUT2D eigenvalue weighted by atomic mass is 35.5. The molecule has 5 nitrogen and oxygen atoms in total. The highest BCUT2D eigenvalue weighted by molar-refractivity contribution is 5.85. The fourth-order valence-electron chi connectivity index (χ4n) is 3.00. The summed E-state index contributed by atoms with van der Waals surface area (Å²) in [7, 11) is 1.59. The molecule has 0 spiro atoms. The summed E-state index contributed by atoms with van der Waals surface area (Å²) in [6.07, 6.45) is 3.66. The van der Waals surface area contributed by atoms with E-state index in [0.717, 1.165) is 31.7 Å². The molecule has 0 saturated carbocycles. The third-order valence-corrected chi connectivity index (χ3v) is 4.10. The predicted octanol–water partition coefficient (Wildman–Crippen LogP) is 2.36. The minimum Gasteiger partial charge on any atom is -0.504 e. The van der Waals surface area contributed by atoms with Crippen molar-refractivity contribution in [1.82, 2.24) is 15.2 Å². The summed E-state index contributed by atoms with van der Waals surface area (Å²) in [5.41, 5.74) is 2.25. The summed E-state index contributed by atoms with van der Waals surface area (Å²) in [6.45, 7) is 3.56. The Kier molecular flexibility index (Phi) is 6.21. The zero-order valence-corrected chi connectivity index (χ0v) is 13.9. The molecule has 1 atom stereocenters. The lowest BCUT2D eigenvalue weighted by molar-refractivity contribution is 0.152. The number of hydrogen-bond donors (Lipinski definition) is 2. The van der Waals surface area contributed by atoms with Crippen LogP contribution in [0.15, 0.2) is 42.7 Å². The smallest absolute Gasteiger partial charge is 0.164 e. The molecule has 0 bridgehead atoms. The number of nitrogens with zero attached hydrogens (tertiary/aromatic N) is 2. The molecule has 2 N–H and O–H groups in total. The van der Waals surface area contributed by atoms with Crippen LogP contribution in [0, 0.1) is 0 Å². The van der Waals surface area contributed by atoms with Crippen LogP contribution >= 0.6 is 12.4 Å². The summed E-state index contributed by atoms with van der Waals surface area (Å²) in [5.74, 6) is 0.755. The minimum absolute atomic E-state index is 0. The Balaban J connectivity index is 0.00000192. The van der Waals surface area contributed by atoms with Gasteiger partial charge in [-0.25, -0.2) is 0 Å². The number of hydrogen-bond acceptors (Lipinski definition) is 5. The molecule has 6 heteroatoms. The van der Waals surface area contributed by atoms with E-state index in [9.17, 15) is 5.11 Å². The molecular formula is C17H22ClN3O2. The van der Waals surface area contributed by atoms with E-state index in [0.29, 0.717) is 11.8 Å². The van der Waals surface area contributed by atoms with Crippen molar-refractivity contribution in [1.29, 1.82) is 0 Å². The molecule has 0 amide bonds. The van der Waals surface area contributed by atoms with E-state index in [1.807, 2.05) is 24.5 Å². The second-order valence-electron chi connectivity index (χ2n) is 5.44. The van der Waals surface area contributed by atoms with Crippen LogP contribution in [0.4, 0.5) is 0 Å². The lowest BCUT2D eigenvalue weighted by Gasteiger charge is -2.36. The molecule has 3 rings (SSSR count). The predicted molar refractivity (Wildman–Crippen MR) is 92.2 cm³/mol. The van der Waals surface area contributed by atoms with Crippen molar-refractivity contribution in [3.8, 4) is 11.5 Å². The van der Waals surface area contributed by atoms with Gasteiger partial charge in [-0.1, -0.05) is 12.1 Å². The monoisotopic (exact) mass is 335 g/mol. The van der Waals surface area contributed by atoms with Crippen LogP contribution in [0.5, 0.6) is 11.5 Å².